The van der Waals surface area contributed by atoms with Crippen molar-refractivity contribution in [3.05, 3.63) is 40.6 Å². The Kier molecular flexibility index (Phi) is 5.99. The fraction of sp³-hybridized carbons (Fsp3) is 0.300. The van der Waals surface area contributed by atoms with Gasteiger partial charge in [-0.2, -0.15) is 0 Å². The second-order valence-corrected chi connectivity index (χ2v) is 5.77. The molecule has 0 aliphatic heterocycles. The predicted octanol–water partition coefficient (Wildman–Crippen LogP) is 1.48. The van der Waals surface area contributed by atoms with Crippen LogP contribution in [0.5, 0.6) is 0 Å². The van der Waals surface area contributed by atoms with E-state index in [0.29, 0.717) is 6.54 Å². The Morgan fingerprint density at radius 3 is 2.35 bits per heavy atom. The minimum atomic E-state index is -0.611. The van der Waals surface area contributed by atoms with Crippen molar-refractivity contribution in [3.8, 4) is 0 Å². The summed E-state index contributed by atoms with van der Waals surface area (Å²) in [4.78, 5) is 0. The van der Waals surface area contributed by atoms with Gasteiger partial charge in [-0.1, -0.05) is 28.1 Å². The van der Waals surface area contributed by atoms with Crippen molar-refractivity contribution in [1.29, 1.82) is 0 Å². The van der Waals surface area contributed by atoms with E-state index in [1.165, 1.54) is 5.56 Å². The van der Waals surface area contributed by atoms with E-state index in [9.17, 15) is 4.21 Å². The van der Waals surface area contributed by atoms with Crippen molar-refractivity contribution in [2.45, 2.75) is 6.54 Å². The van der Waals surface area contributed by atoms with Crippen LogP contribution < -0.4 is 0 Å². The van der Waals surface area contributed by atoms with Crippen molar-refractivity contribution in [2.24, 2.45) is 0 Å². The molecule has 1 aromatic heterocycles. The molecule has 0 saturated carbocycles. The first-order chi connectivity index (χ1) is 8.08. The van der Waals surface area contributed by atoms with Gasteiger partial charge in [0.25, 0.3) is 0 Å². The Balaban J connectivity index is 0.000000317. The van der Waals surface area contributed by atoms with Crippen LogP contribution in [0.25, 0.3) is 0 Å². The Labute approximate surface area is 111 Å². The molecule has 1 heterocycles. The molecule has 0 spiro atoms. The molecule has 1 aromatic carbocycles. The zero-order valence-corrected chi connectivity index (χ0v) is 12.0. The van der Waals surface area contributed by atoms with Gasteiger partial charge in [0.05, 0.1) is 6.54 Å². The first kappa shape index (κ1) is 14.0. The molecule has 2 rings (SSSR count). The third-order valence-electron chi connectivity index (χ3n) is 1.65. The first-order valence-electron chi connectivity index (χ1n) is 4.78. The first-order valence-corrected chi connectivity index (χ1v) is 7.54. The predicted molar refractivity (Wildman–Crippen MR) is 71.1 cm³/mol. The molecule has 0 saturated heterocycles. The Hall–Kier alpha value is -1.08. The van der Waals surface area contributed by atoms with E-state index >= 15 is 0 Å². The second kappa shape index (κ2) is 7.29. The SMILES string of the molecule is Brc1ccc(Cn2cnnn2)cc1.CS(C)=O. The zero-order chi connectivity index (χ0) is 12.7. The molecule has 92 valence electrons. The fourth-order valence-corrected chi connectivity index (χ4v) is 1.29. The molecule has 0 N–H and O–H groups in total. The lowest BCUT2D eigenvalue weighted by Crippen LogP contribution is -1.99. The van der Waals surface area contributed by atoms with Crippen molar-refractivity contribution >= 4 is 26.7 Å². The maximum absolute atomic E-state index is 9.56. The Morgan fingerprint density at radius 2 is 1.88 bits per heavy atom. The average molecular weight is 317 g/mol. The van der Waals surface area contributed by atoms with E-state index in [2.05, 4.69) is 31.5 Å². The summed E-state index contributed by atoms with van der Waals surface area (Å²) in [5.41, 5.74) is 1.18. The molecular formula is C10H13BrN4OS. The van der Waals surface area contributed by atoms with Gasteiger partial charge in [0, 0.05) is 27.8 Å². The Morgan fingerprint density at radius 1 is 1.29 bits per heavy atom. The summed E-state index contributed by atoms with van der Waals surface area (Å²) in [7, 11) is -0.611. The highest BCUT2D eigenvalue weighted by molar-refractivity contribution is 9.10. The van der Waals surface area contributed by atoms with Gasteiger partial charge in [-0.3, -0.25) is 4.21 Å². The summed E-state index contributed by atoms with van der Waals surface area (Å²) in [6, 6.07) is 8.07. The summed E-state index contributed by atoms with van der Waals surface area (Å²) >= 11 is 3.38. The molecule has 7 heteroatoms. The molecule has 0 aliphatic rings. The van der Waals surface area contributed by atoms with E-state index in [-0.39, 0.29) is 0 Å². The van der Waals surface area contributed by atoms with Crippen LogP contribution in [0.3, 0.4) is 0 Å². The van der Waals surface area contributed by atoms with Crippen LogP contribution in [-0.2, 0) is 17.3 Å². The van der Waals surface area contributed by atoms with Crippen LogP contribution in [0.1, 0.15) is 5.56 Å². The maximum Gasteiger partial charge on any atom is 0.138 e. The molecule has 0 unspecified atom stereocenters. The summed E-state index contributed by atoms with van der Waals surface area (Å²) in [5, 5.41) is 10.9. The van der Waals surface area contributed by atoms with Gasteiger partial charge in [-0.25, -0.2) is 4.68 Å². The van der Waals surface area contributed by atoms with Gasteiger partial charge >= 0.3 is 0 Å². The second-order valence-electron chi connectivity index (χ2n) is 3.38. The van der Waals surface area contributed by atoms with Crippen LogP contribution in [-0.4, -0.2) is 36.9 Å². The highest BCUT2D eigenvalue weighted by atomic mass is 79.9. The van der Waals surface area contributed by atoms with Crippen LogP contribution in [0.4, 0.5) is 0 Å². The lowest BCUT2D eigenvalue weighted by molar-refractivity contribution is 0.648. The standard InChI is InChI=1S/C8H7BrN4.C2H6OS/c9-8-3-1-7(2-4-8)5-13-6-10-11-12-13;1-4(2)3/h1-4,6H,5H2;1-2H3. The van der Waals surface area contributed by atoms with Gasteiger partial charge in [-0.15, -0.1) is 5.10 Å². The van der Waals surface area contributed by atoms with E-state index in [0.717, 1.165) is 4.47 Å². The van der Waals surface area contributed by atoms with E-state index < -0.39 is 10.8 Å². The number of hydrogen-bond donors (Lipinski definition) is 0. The molecular weight excluding hydrogens is 304 g/mol. The normalized spacial score (nSPS) is 9.88. The van der Waals surface area contributed by atoms with Crippen molar-refractivity contribution in [3.63, 3.8) is 0 Å². The van der Waals surface area contributed by atoms with Crippen LogP contribution in [0.2, 0.25) is 0 Å². The van der Waals surface area contributed by atoms with Gasteiger partial charge in [0.15, 0.2) is 0 Å². The van der Waals surface area contributed by atoms with E-state index in [1.807, 2.05) is 24.3 Å². The minimum absolute atomic E-state index is 0.611. The zero-order valence-electron chi connectivity index (χ0n) is 9.58. The summed E-state index contributed by atoms with van der Waals surface area (Å²) in [6.07, 6.45) is 4.88. The van der Waals surface area contributed by atoms with Gasteiger partial charge < -0.3 is 0 Å². The van der Waals surface area contributed by atoms with Gasteiger partial charge in [-0.05, 0) is 28.1 Å². The number of rotatable bonds is 2. The lowest BCUT2D eigenvalue weighted by Gasteiger charge is -1.99. The number of hydrogen-bond acceptors (Lipinski definition) is 4. The summed E-state index contributed by atoms with van der Waals surface area (Å²) in [6.45, 7) is 0.709. The smallest absolute Gasteiger partial charge is 0.138 e. The molecule has 17 heavy (non-hydrogen) atoms. The highest BCUT2D eigenvalue weighted by Crippen LogP contribution is 2.10. The molecule has 2 aromatic rings. The highest BCUT2D eigenvalue weighted by Gasteiger charge is 1.95. The Bertz CT molecular complexity index is 454. The number of tetrazole rings is 1. The number of aromatic nitrogens is 4. The lowest BCUT2D eigenvalue weighted by atomic mass is 10.2. The monoisotopic (exact) mass is 316 g/mol. The topological polar surface area (TPSA) is 60.7 Å². The minimum Gasteiger partial charge on any atom is -0.260 e. The van der Waals surface area contributed by atoms with Crippen LogP contribution >= 0.6 is 15.9 Å². The number of nitrogens with zero attached hydrogens (tertiary/aromatic N) is 4. The quantitative estimate of drug-likeness (QED) is 0.842. The van der Waals surface area contributed by atoms with Crippen molar-refractivity contribution in [2.75, 3.05) is 12.5 Å². The fourth-order valence-electron chi connectivity index (χ4n) is 1.03. The molecule has 0 radical (unpaired) electrons. The number of halogens is 1. The molecule has 0 aliphatic carbocycles. The molecule has 0 amide bonds. The van der Waals surface area contributed by atoms with E-state index in [1.54, 1.807) is 23.5 Å². The third kappa shape index (κ3) is 6.28. The van der Waals surface area contributed by atoms with Crippen molar-refractivity contribution in [1.82, 2.24) is 20.2 Å². The third-order valence-corrected chi connectivity index (χ3v) is 2.18. The van der Waals surface area contributed by atoms with Gasteiger partial charge in [0.2, 0.25) is 0 Å². The van der Waals surface area contributed by atoms with Gasteiger partial charge in [0.1, 0.15) is 6.33 Å². The van der Waals surface area contributed by atoms with Crippen molar-refractivity contribution < 1.29 is 4.21 Å². The largest absolute Gasteiger partial charge is 0.260 e. The molecule has 0 bridgehead atoms. The molecule has 0 fully saturated rings. The average Bonchev–Trinajstić information content (AvgIpc) is 2.73. The summed E-state index contributed by atoms with van der Waals surface area (Å²) < 4.78 is 12.3. The van der Waals surface area contributed by atoms with Crippen LogP contribution in [0.15, 0.2) is 35.1 Å². The van der Waals surface area contributed by atoms with E-state index in [4.69, 9.17) is 0 Å². The molecule has 5 nitrogen and oxygen atoms in total. The summed E-state index contributed by atoms with van der Waals surface area (Å²) in [5.74, 6) is 0. The molecule has 0 atom stereocenters. The number of benzene rings is 1. The maximum atomic E-state index is 9.56. The van der Waals surface area contributed by atoms with Crippen LogP contribution in [0, 0.1) is 0 Å².